The van der Waals surface area contributed by atoms with Gasteiger partial charge in [0, 0.05) is 19.0 Å². The summed E-state index contributed by atoms with van der Waals surface area (Å²) in [5.74, 6) is -1.52. The quantitative estimate of drug-likeness (QED) is 0.793. The predicted molar refractivity (Wildman–Crippen MR) is 88.7 cm³/mol. The van der Waals surface area contributed by atoms with Crippen LogP contribution in [0, 0.1) is 5.92 Å². The topological polar surface area (TPSA) is 104 Å². The van der Waals surface area contributed by atoms with E-state index in [4.69, 9.17) is 5.11 Å². The largest absolute Gasteiger partial charge is 0.481 e. The first kappa shape index (κ1) is 18.4. The Morgan fingerprint density at radius 2 is 1.83 bits per heavy atom. The molecule has 1 fully saturated rings. The molecule has 0 aliphatic carbocycles. The summed E-state index contributed by atoms with van der Waals surface area (Å²) >= 11 is 0. The molecule has 1 saturated heterocycles. The first-order valence-corrected chi connectivity index (χ1v) is 9.64. The minimum absolute atomic E-state index is 0.196. The van der Waals surface area contributed by atoms with Gasteiger partial charge in [0.15, 0.2) is 0 Å². The molecular weight excluding hydrogens is 332 g/mol. The van der Waals surface area contributed by atoms with Crippen LogP contribution >= 0.6 is 0 Å². The van der Waals surface area contributed by atoms with Crippen molar-refractivity contribution in [2.45, 2.75) is 25.3 Å². The predicted octanol–water partition coefficient (Wildman–Crippen LogP) is 0.990. The number of hydrogen-bond donors (Lipinski definition) is 2. The molecule has 1 aromatic carbocycles. The maximum absolute atomic E-state index is 12.4. The third-order valence-electron chi connectivity index (χ3n) is 4.19. The van der Waals surface area contributed by atoms with Gasteiger partial charge in [-0.1, -0.05) is 30.3 Å². The molecule has 0 bridgehead atoms. The highest BCUT2D eigenvalue weighted by Crippen LogP contribution is 2.22. The number of carboxylic acids is 1. The molecule has 1 aliphatic heterocycles. The third kappa shape index (κ3) is 5.04. The lowest BCUT2D eigenvalue weighted by Crippen LogP contribution is -2.43. The number of piperidine rings is 1. The van der Waals surface area contributed by atoms with Gasteiger partial charge in [-0.3, -0.25) is 9.59 Å². The number of sulfonamides is 1. The van der Waals surface area contributed by atoms with Gasteiger partial charge in [0.1, 0.15) is 0 Å². The van der Waals surface area contributed by atoms with E-state index in [2.05, 4.69) is 5.32 Å². The molecule has 0 aromatic heterocycles. The molecular formula is C16H22N2O5S. The van der Waals surface area contributed by atoms with Crippen LogP contribution in [0.5, 0.6) is 0 Å². The van der Waals surface area contributed by atoms with Gasteiger partial charge >= 0.3 is 5.97 Å². The second-order valence-electron chi connectivity index (χ2n) is 6.01. The second kappa shape index (κ2) is 7.76. The molecule has 1 aliphatic rings. The molecule has 8 heteroatoms. The van der Waals surface area contributed by atoms with Crippen molar-refractivity contribution in [1.29, 1.82) is 0 Å². The highest BCUT2D eigenvalue weighted by molar-refractivity contribution is 7.88. The fourth-order valence-corrected chi connectivity index (χ4v) is 3.73. The van der Waals surface area contributed by atoms with E-state index in [-0.39, 0.29) is 18.2 Å². The Balaban J connectivity index is 2.00. The lowest BCUT2D eigenvalue weighted by atomic mass is 9.95. The lowest BCUT2D eigenvalue weighted by Gasteiger charge is -2.30. The normalized spacial score (nSPS) is 18.0. The molecule has 1 atom stereocenters. The molecule has 132 valence electrons. The van der Waals surface area contributed by atoms with Gasteiger partial charge < -0.3 is 10.4 Å². The smallest absolute Gasteiger partial charge is 0.305 e. The van der Waals surface area contributed by atoms with Crippen LogP contribution in [0.25, 0.3) is 0 Å². The van der Waals surface area contributed by atoms with Gasteiger partial charge in [0.05, 0.1) is 18.7 Å². The number of hydrogen-bond acceptors (Lipinski definition) is 4. The van der Waals surface area contributed by atoms with Crippen molar-refractivity contribution in [3.8, 4) is 0 Å². The van der Waals surface area contributed by atoms with E-state index in [1.54, 1.807) is 24.3 Å². The number of benzene rings is 1. The van der Waals surface area contributed by atoms with Crippen molar-refractivity contribution in [3.05, 3.63) is 35.9 Å². The van der Waals surface area contributed by atoms with E-state index in [9.17, 15) is 18.0 Å². The minimum atomic E-state index is -3.23. The zero-order valence-corrected chi connectivity index (χ0v) is 14.3. The van der Waals surface area contributed by atoms with Crippen LogP contribution in [-0.4, -0.2) is 49.1 Å². The minimum Gasteiger partial charge on any atom is -0.481 e. The van der Waals surface area contributed by atoms with E-state index < -0.39 is 22.0 Å². The number of amides is 1. The fourth-order valence-electron chi connectivity index (χ4n) is 2.85. The Labute approximate surface area is 141 Å². The molecule has 2 rings (SSSR count). The summed E-state index contributed by atoms with van der Waals surface area (Å²) in [5, 5.41) is 11.9. The summed E-state index contributed by atoms with van der Waals surface area (Å²) < 4.78 is 24.4. The molecule has 0 spiro atoms. The number of carbonyl (C=O) groups is 2. The zero-order valence-electron chi connectivity index (χ0n) is 13.5. The van der Waals surface area contributed by atoms with E-state index in [1.165, 1.54) is 4.31 Å². The lowest BCUT2D eigenvalue weighted by molar-refractivity contribution is -0.138. The number of nitrogens with one attached hydrogen (secondary N) is 1. The molecule has 1 unspecified atom stereocenters. The first-order chi connectivity index (χ1) is 11.3. The summed E-state index contributed by atoms with van der Waals surface area (Å²) in [6.45, 7) is 0.623. The van der Waals surface area contributed by atoms with E-state index in [1.807, 2.05) is 6.07 Å². The van der Waals surface area contributed by atoms with Gasteiger partial charge in [-0.15, -0.1) is 0 Å². The number of carboxylic acid groups (broad SMARTS) is 1. The summed E-state index contributed by atoms with van der Waals surface area (Å²) in [6, 6.07) is 8.37. The van der Waals surface area contributed by atoms with Crippen LogP contribution < -0.4 is 5.32 Å². The molecule has 7 nitrogen and oxygen atoms in total. The molecule has 1 heterocycles. The third-order valence-corrected chi connectivity index (χ3v) is 5.49. The first-order valence-electron chi connectivity index (χ1n) is 7.79. The van der Waals surface area contributed by atoms with E-state index in [0.29, 0.717) is 25.9 Å². The van der Waals surface area contributed by atoms with Crippen molar-refractivity contribution in [3.63, 3.8) is 0 Å². The Morgan fingerprint density at radius 3 is 2.33 bits per heavy atom. The van der Waals surface area contributed by atoms with Crippen molar-refractivity contribution in [1.82, 2.24) is 9.62 Å². The van der Waals surface area contributed by atoms with Crippen LogP contribution in [0.4, 0.5) is 0 Å². The molecule has 2 N–H and O–H groups in total. The van der Waals surface area contributed by atoms with Crippen molar-refractivity contribution in [2.75, 3.05) is 19.3 Å². The van der Waals surface area contributed by atoms with Gasteiger partial charge in [-0.2, -0.15) is 0 Å². The Kier molecular flexibility index (Phi) is 5.95. The Morgan fingerprint density at radius 1 is 1.25 bits per heavy atom. The highest BCUT2D eigenvalue weighted by atomic mass is 32.2. The van der Waals surface area contributed by atoms with Crippen LogP contribution in [0.3, 0.4) is 0 Å². The Hall–Kier alpha value is -1.93. The van der Waals surface area contributed by atoms with Crippen LogP contribution in [0.1, 0.15) is 30.9 Å². The number of carbonyl (C=O) groups excluding carboxylic acids is 1. The molecule has 24 heavy (non-hydrogen) atoms. The van der Waals surface area contributed by atoms with Gasteiger partial charge in [-0.05, 0) is 18.4 Å². The van der Waals surface area contributed by atoms with Crippen LogP contribution in [0.2, 0.25) is 0 Å². The molecule has 0 saturated carbocycles. The van der Waals surface area contributed by atoms with Gasteiger partial charge in [0.25, 0.3) is 0 Å². The molecule has 1 aromatic rings. The SMILES string of the molecule is CS(=O)(=O)N1CCC(C(=O)NC(CC(=O)O)c2ccccc2)CC1. The van der Waals surface area contributed by atoms with Crippen LogP contribution in [0.15, 0.2) is 30.3 Å². The number of nitrogens with zero attached hydrogens (tertiary/aromatic N) is 1. The van der Waals surface area contributed by atoms with Crippen molar-refractivity contribution < 1.29 is 23.1 Å². The average Bonchev–Trinajstić information content (AvgIpc) is 2.54. The van der Waals surface area contributed by atoms with Crippen molar-refractivity contribution in [2.24, 2.45) is 5.92 Å². The van der Waals surface area contributed by atoms with Crippen molar-refractivity contribution >= 4 is 21.9 Å². The summed E-state index contributed by atoms with van der Waals surface area (Å²) in [7, 11) is -3.23. The van der Waals surface area contributed by atoms with Crippen LogP contribution in [-0.2, 0) is 19.6 Å². The van der Waals surface area contributed by atoms with Gasteiger partial charge in [0.2, 0.25) is 15.9 Å². The zero-order chi connectivity index (χ0) is 17.7. The average molecular weight is 354 g/mol. The molecule has 1 amide bonds. The maximum Gasteiger partial charge on any atom is 0.305 e. The van der Waals surface area contributed by atoms with E-state index >= 15 is 0 Å². The number of aliphatic carboxylic acids is 1. The highest BCUT2D eigenvalue weighted by Gasteiger charge is 2.30. The Bertz CT molecular complexity index is 682. The summed E-state index contributed by atoms with van der Waals surface area (Å²) in [5.41, 5.74) is 0.738. The molecule has 0 radical (unpaired) electrons. The summed E-state index contributed by atoms with van der Waals surface area (Å²) in [6.07, 6.45) is 1.84. The van der Waals surface area contributed by atoms with Gasteiger partial charge in [-0.25, -0.2) is 12.7 Å². The maximum atomic E-state index is 12.4. The second-order valence-corrected chi connectivity index (χ2v) is 7.99. The fraction of sp³-hybridized carbons (Fsp3) is 0.500. The van der Waals surface area contributed by atoms with E-state index in [0.717, 1.165) is 11.8 Å². The number of rotatable bonds is 6. The summed E-state index contributed by atoms with van der Waals surface area (Å²) in [4.78, 5) is 23.5. The standard InChI is InChI=1S/C16H22N2O5S/c1-24(22,23)18-9-7-13(8-10-18)16(21)17-14(11-15(19)20)12-5-3-2-4-6-12/h2-6,13-14H,7-11H2,1H3,(H,17,21)(H,19,20). The monoisotopic (exact) mass is 354 g/mol.